The van der Waals surface area contributed by atoms with Crippen LogP contribution in [0.25, 0.3) is 33.3 Å². The number of para-hydroxylation sites is 2. The summed E-state index contributed by atoms with van der Waals surface area (Å²) in [6.45, 7) is 0.442. The molecule has 0 bridgehead atoms. The van der Waals surface area contributed by atoms with Gasteiger partial charge in [0.1, 0.15) is 23.1 Å². The number of benzene rings is 2. The number of aryl methyl sites for hydroxylation is 2. The third-order valence-electron chi connectivity index (χ3n) is 5.48. The summed E-state index contributed by atoms with van der Waals surface area (Å²) in [5.74, 6) is -0.140. The van der Waals surface area contributed by atoms with Crippen molar-refractivity contribution in [2.24, 2.45) is 7.05 Å². The molecule has 0 amide bonds. The minimum atomic E-state index is -0.901. The summed E-state index contributed by atoms with van der Waals surface area (Å²) < 4.78 is 5.61. The van der Waals surface area contributed by atoms with Gasteiger partial charge in [-0.05, 0) is 23.8 Å². The number of carboxylic acid groups (broad SMARTS) is 1. The number of fused-ring (bicyclic) bond motifs is 6. The Morgan fingerprint density at radius 2 is 1.79 bits per heavy atom. The number of hydrogen-bond donors (Lipinski definition) is 1. The molecule has 1 N–H and O–H groups in total. The van der Waals surface area contributed by atoms with Crippen LogP contribution in [0.5, 0.6) is 0 Å². The van der Waals surface area contributed by atoms with E-state index in [9.17, 15) is 14.7 Å². The molecule has 2 aromatic carbocycles. The van der Waals surface area contributed by atoms with Gasteiger partial charge in [0, 0.05) is 17.3 Å². The van der Waals surface area contributed by atoms with E-state index in [1.54, 1.807) is 4.57 Å². The van der Waals surface area contributed by atoms with Crippen LogP contribution in [0.4, 0.5) is 0 Å². The first-order valence-electron chi connectivity index (χ1n) is 8.91. The maximum absolute atomic E-state index is 13.1. The number of aliphatic carboxylic acids is 1. The molecule has 1 aliphatic rings. The molecule has 0 saturated carbocycles. The second-order valence-electron chi connectivity index (χ2n) is 6.93. The predicted molar refractivity (Wildman–Crippen MR) is 102 cm³/mol. The zero-order chi connectivity index (χ0) is 18.7. The zero-order valence-corrected chi connectivity index (χ0v) is 17.8. The molecule has 0 saturated heterocycles. The molecule has 4 aromatic rings. The smallest absolute Gasteiger partial charge is 0.480 e. The van der Waals surface area contributed by atoms with Gasteiger partial charge in [0.05, 0.1) is 13.6 Å². The SMILES string of the molecule is C[n+]1c2n(c(=O)c3ccccc31)CCc1c-2n(CC(=O)O)c2ccccc12.[Na+]. The number of carbonyl (C=O) groups is 1. The predicted octanol–water partition coefficient (Wildman–Crippen LogP) is -0.908. The van der Waals surface area contributed by atoms with E-state index >= 15 is 0 Å². The molecule has 2 aromatic heterocycles. The Labute approximate surface area is 182 Å². The van der Waals surface area contributed by atoms with Crippen molar-refractivity contribution in [3.63, 3.8) is 0 Å². The number of aromatic nitrogens is 3. The summed E-state index contributed by atoms with van der Waals surface area (Å²) in [5.41, 5.74) is 3.64. The van der Waals surface area contributed by atoms with E-state index in [1.807, 2.05) is 64.7 Å². The van der Waals surface area contributed by atoms with Gasteiger partial charge in [-0.2, -0.15) is 4.57 Å². The Morgan fingerprint density at radius 1 is 1.11 bits per heavy atom. The Hall–Kier alpha value is -2.41. The first-order valence-corrected chi connectivity index (χ1v) is 8.91. The third kappa shape index (κ3) is 2.56. The van der Waals surface area contributed by atoms with E-state index < -0.39 is 5.97 Å². The summed E-state index contributed by atoms with van der Waals surface area (Å²) in [6.07, 6.45) is 0.702. The van der Waals surface area contributed by atoms with Crippen LogP contribution in [-0.4, -0.2) is 20.2 Å². The molecule has 134 valence electrons. The Kier molecular flexibility index (Phi) is 4.65. The van der Waals surface area contributed by atoms with Crippen LogP contribution in [-0.2, 0) is 31.4 Å². The van der Waals surface area contributed by atoms with Gasteiger partial charge in [0.2, 0.25) is 0 Å². The van der Waals surface area contributed by atoms with Crippen molar-refractivity contribution >= 4 is 27.8 Å². The molecule has 1 aliphatic heterocycles. The fourth-order valence-corrected chi connectivity index (χ4v) is 4.38. The van der Waals surface area contributed by atoms with Gasteiger partial charge < -0.3 is 9.67 Å². The molecule has 0 spiro atoms. The minimum absolute atomic E-state index is 0. The van der Waals surface area contributed by atoms with Crippen molar-refractivity contribution < 1.29 is 44.0 Å². The molecule has 7 heteroatoms. The van der Waals surface area contributed by atoms with Gasteiger partial charge in [-0.1, -0.05) is 30.3 Å². The molecule has 0 atom stereocenters. The maximum atomic E-state index is 13.1. The molecular formula is C21H18N3NaO3+2. The van der Waals surface area contributed by atoms with Gasteiger partial charge in [0.25, 0.3) is 0 Å². The molecule has 6 nitrogen and oxygen atoms in total. The first-order chi connectivity index (χ1) is 13.1. The standard InChI is InChI=1S/C21H17N3O3.Na/c1-22-16-8-4-3-7-15(16)21(27)23-11-10-14-13-6-2-5-9-17(13)24(12-18(25)26)19(14)20(22)23;/h2-9H,10-12H2,1H3;/q;+1/p+1. The number of rotatable bonds is 2. The Balaban J connectivity index is 0.00000192. The summed E-state index contributed by atoms with van der Waals surface area (Å²) in [6, 6.07) is 15.4. The molecule has 0 fully saturated rings. The molecule has 0 unspecified atom stereocenters. The molecule has 28 heavy (non-hydrogen) atoms. The fraction of sp³-hybridized carbons (Fsp3) is 0.190. The van der Waals surface area contributed by atoms with Gasteiger partial charge in [-0.25, -0.2) is 9.36 Å². The van der Waals surface area contributed by atoms with Crippen LogP contribution in [0.3, 0.4) is 0 Å². The van der Waals surface area contributed by atoms with Gasteiger partial charge in [-0.15, -0.1) is 0 Å². The van der Waals surface area contributed by atoms with E-state index in [1.165, 1.54) is 0 Å². The minimum Gasteiger partial charge on any atom is -0.480 e. The van der Waals surface area contributed by atoms with Gasteiger partial charge in [0.15, 0.2) is 0 Å². The molecular weight excluding hydrogens is 365 g/mol. The van der Waals surface area contributed by atoms with E-state index in [0.717, 1.165) is 33.5 Å². The summed E-state index contributed by atoms with van der Waals surface area (Å²) in [5, 5.41) is 11.2. The first kappa shape index (κ1) is 18.9. The maximum Gasteiger partial charge on any atom is 1.00 e. The van der Waals surface area contributed by atoms with Gasteiger partial charge >= 0.3 is 46.9 Å². The van der Waals surface area contributed by atoms with Crippen LogP contribution in [0.2, 0.25) is 0 Å². The van der Waals surface area contributed by atoms with Gasteiger partial charge in [-0.3, -0.25) is 4.79 Å². The quantitative estimate of drug-likeness (QED) is 0.360. The van der Waals surface area contributed by atoms with E-state index in [0.29, 0.717) is 18.4 Å². The van der Waals surface area contributed by atoms with Crippen LogP contribution < -0.4 is 39.7 Å². The monoisotopic (exact) mass is 383 g/mol. The second kappa shape index (κ2) is 6.88. The normalized spacial score (nSPS) is 12.5. The van der Waals surface area contributed by atoms with Crippen molar-refractivity contribution in [1.82, 2.24) is 9.13 Å². The summed E-state index contributed by atoms with van der Waals surface area (Å²) >= 11 is 0. The fourth-order valence-electron chi connectivity index (χ4n) is 4.38. The van der Waals surface area contributed by atoms with Crippen molar-refractivity contribution in [1.29, 1.82) is 0 Å². The van der Waals surface area contributed by atoms with E-state index in [-0.39, 0.29) is 41.7 Å². The molecule has 5 rings (SSSR count). The van der Waals surface area contributed by atoms with E-state index in [4.69, 9.17) is 0 Å². The van der Waals surface area contributed by atoms with Crippen LogP contribution in [0.15, 0.2) is 53.3 Å². The van der Waals surface area contributed by atoms with Crippen molar-refractivity contribution in [3.05, 3.63) is 64.4 Å². The molecule has 0 aliphatic carbocycles. The Morgan fingerprint density at radius 3 is 2.54 bits per heavy atom. The number of carboxylic acids is 1. The zero-order valence-electron chi connectivity index (χ0n) is 15.8. The second-order valence-corrected chi connectivity index (χ2v) is 6.93. The summed E-state index contributed by atoms with van der Waals surface area (Å²) in [4.78, 5) is 24.7. The average Bonchev–Trinajstić information content (AvgIpc) is 2.99. The average molecular weight is 383 g/mol. The van der Waals surface area contributed by atoms with Crippen LogP contribution in [0.1, 0.15) is 5.56 Å². The topological polar surface area (TPSA) is 68.1 Å². The summed E-state index contributed by atoms with van der Waals surface area (Å²) in [7, 11) is 1.94. The van der Waals surface area contributed by atoms with Crippen LogP contribution >= 0.6 is 0 Å². The number of hydrogen-bond acceptors (Lipinski definition) is 2. The molecule has 0 radical (unpaired) electrons. The van der Waals surface area contributed by atoms with Crippen LogP contribution in [0, 0.1) is 0 Å². The largest absolute Gasteiger partial charge is 1.00 e. The van der Waals surface area contributed by atoms with E-state index in [2.05, 4.69) is 0 Å². The van der Waals surface area contributed by atoms with Crippen molar-refractivity contribution in [2.75, 3.05) is 0 Å². The third-order valence-corrected chi connectivity index (χ3v) is 5.48. The Bertz CT molecular complexity index is 1320. The van der Waals surface area contributed by atoms with Crippen molar-refractivity contribution in [2.45, 2.75) is 19.5 Å². The van der Waals surface area contributed by atoms with Crippen molar-refractivity contribution in [3.8, 4) is 11.5 Å². The molecule has 3 heterocycles. The number of nitrogens with zero attached hydrogens (tertiary/aromatic N) is 3.